The summed E-state index contributed by atoms with van der Waals surface area (Å²) >= 11 is 0. The number of aromatic nitrogens is 2. The lowest BCUT2D eigenvalue weighted by atomic mass is 9.90. The maximum absolute atomic E-state index is 4.58. The van der Waals surface area contributed by atoms with Crippen LogP contribution < -0.4 is 10.2 Å². The second kappa shape index (κ2) is 7.79. The molecule has 2 aromatic carbocycles. The quantitative estimate of drug-likeness (QED) is 0.649. The average molecular weight is 416 g/mol. The molecule has 2 bridgehead atoms. The van der Waals surface area contributed by atoms with Crippen molar-refractivity contribution in [3.05, 3.63) is 58.8 Å². The molecular formula is C26H33N5. The maximum atomic E-state index is 4.58. The SMILES string of the molecule is Cc1cccc([C@@H](C)Nc2nnc(C)c3ccc(N4C[C@H]5CC[C@@H]4CN5C)cc23)c1C. The van der Waals surface area contributed by atoms with Crippen molar-refractivity contribution >= 4 is 22.3 Å². The van der Waals surface area contributed by atoms with Crippen LogP contribution in [0.4, 0.5) is 11.5 Å². The van der Waals surface area contributed by atoms with Gasteiger partial charge in [0, 0.05) is 41.6 Å². The third-order valence-corrected chi connectivity index (χ3v) is 7.55. The van der Waals surface area contributed by atoms with Crippen molar-refractivity contribution in [1.82, 2.24) is 15.1 Å². The van der Waals surface area contributed by atoms with E-state index in [0.717, 1.165) is 30.0 Å². The Labute approximate surface area is 185 Å². The summed E-state index contributed by atoms with van der Waals surface area (Å²) in [5.41, 5.74) is 6.25. The number of rotatable bonds is 4. The highest BCUT2D eigenvalue weighted by molar-refractivity contribution is 5.95. The van der Waals surface area contributed by atoms with Gasteiger partial charge in [-0.15, -0.1) is 5.10 Å². The lowest BCUT2D eigenvalue weighted by Gasteiger charge is -2.51. The Hall–Kier alpha value is -2.66. The minimum atomic E-state index is 0.156. The van der Waals surface area contributed by atoms with Crippen molar-refractivity contribution in [3.8, 4) is 0 Å². The molecule has 4 heterocycles. The Kier molecular flexibility index (Phi) is 5.09. The zero-order valence-corrected chi connectivity index (χ0v) is 19.3. The van der Waals surface area contributed by atoms with Crippen LogP contribution in [-0.4, -0.2) is 47.3 Å². The van der Waals surface area contributed by atoms with Gasteiger partial charge in [0.1, 0.15) is 0 Å². The highest BCUT2D eigenvalue weighted by Gasteiger charge is 2.37. The molecule has 3 aliphatic heterocycles. The molecule has 6 rings (SSSR count). The number of fused-ring (bicyclic) bond motifs is 4. The van der Waals surface area contributed by atoms with Crippen LogP contribution in [0.25, 0.3) is 10.8 Å². The number of hydrogen-bond donors (Lipinski definition) is 1. The molecule has 5 nitrogen and oxygen atoms in total. The number of benzene rings is 2. The molecule has 0 unspecified atom stereocenters. The molecule has 0 radical (unpaired) electrons. The predicted octanol–water partition coefficient (Wildman–Crippen LogP) is 5.01. The summed E-state index contributed by atoms with van der Waals surface area (Å²) < 4.78 is 0. The van der Waals surface area contributed by atoms with E-state index in [-0.39, 0.29) is 6.04 Å². The average Bonchev–Trinajstić information content (AvgIpc) is 2.77. The molecule has 3 fully saturated rings. The van der Waals surface area contributed by atoms with Gasteiger partial charge in [0.2, 0.25) is 0 Å². The minimum absolute atomic E-state index is 0.156. The van der Waals surface area contributed by atoms with Crippen LogP contribution in [0.15, 0.2) is 36.4 Å². The number of aryl methyl sites for hydroxylation is 2. The van der Waals surface area contributed by atoms with Gasteiger partial charge in [-0.25, -0.2) is 0 Å². The Balaban J connectivity index is 1.51. The summed E-state index contributed by atoms with van der Waals surface area (Å²) in [7, 11) is 2.27. The number of hydrogen-bond acceptors (Lipinski definition) is 5. The molecule has 3 aromatic rings. The summed E-state index contributed by atoms with van der Waals surface area (Å²) in [4.78, 5) is 5.14. The molecule has 0 saturated carbocycles. The molecule has 0 amide bonds. The highest BCUT2D eigenvalue weighted by Crippen LogP contribution is 2.35. The first-order valence-electron chi connectivity index (χ1n) is 11.5. The lowest BCUT2D eigenvalue weighted by molar-refractivity contribution is 0.125. The van der Waals surface area contributed by atoms with Crippen molar-refractivity contribution in [2.75, 3.05) is 30.4 Å². The Morgan fingerprint density at radius 2 is 1.77 bits per heavy atom. The number of nitrogens with one attached hydrogen (secondary N) is 1. The van der Waals surface area contributed by atoms with E-state index in [1.54, 1.807) is 0 Å². The standard InChI is InChI=1S/C26H33N5/c1-16-7-6-8-23(17(16)2)18(3)27-26-25-13-20(11-12-24(25)19(4)28-29-26)31-15-21-9-10-22(31)14-30(21)5/h6-8,11-13,18,21-22H,9-10,14-15H2,1-5H3,(H,27,29)/t18-,21-,22-/m1/s1. The molecule has 0 aliphatic carbocycles. The van der Waals surface area contributed by atoms with E-state index in [4.69, 9.17) is 0 Å². The van der Waals surface area contributed by atoms with Gasteiger partial charge in [-0.05, 0) is 76.4 Å². The van der Waals surface area contributed by atoms with Gasteiger partial charge in [-0.1, -0.05) is 24.3 Å². The maximum Gasteiger partial charge on any atom is 0.157 e. The second-order valence-corrected chi connectivity index (χ2v) is 9.50. The van der Waals surface area contributed by atoms with Crippen LogP contribution in [0.5, 0.6) is 0 Å². The molecule has 3 atom stereocenters. The fraction of sp³-hybridized carbons (Fsp3) is 0.462. The Bertz CT molecular complexity index is 1120. The van der Waals surface area contributed by atoms with E-state index < -0.39 is 0 Å². The summed E-state index contributed by atoms with van der Waals surface area (Å²) in [6, 6.07) is 14.8. The summed E-state index contributed by atoms with van der Waals surface area (Å²) in [5.74, 6) is 0.871. The van der Waals surface area contributed by atoms with Crippen molar-refractivity contribution in [3.63, 3.8) is 0 Å². The topological polar surface area (TPSA) is 44.3 Å². The van der Waals surface area contributed by atoms with Crippen molar-refractivity contribution in [1.29, 1.82) is 0 Å². The lowest BCUT2D eigenvalue weighted by Crippen LogP contribution is -2.61. The first-order chi connectivity index (χ1) is 14.9. The van der Waals surface area contributed by atoms with Crippen LogP contribution >= 0.6 is 0 Å². The summed E-state index contributed by atoms with van der Waals surface area (Å²) in [6.45, 7) is 10.9. The van der Waals surface area contributed by atoms with Crippen molar-refractivity contribution in [2.24, 2.45) is 0 Å². The van der Waals surface area contributed by atoms with E-state index in [1.807, 2.05) is 6.92 Å². The third kappa shape index (κ3) is 3.55. The fourth-order valence-corrected chi connectivity index (χ4v) is 5.44. The minimum Gasteiger partial charge on any atom is -0.366 e. The molecule has 5 heteroatoms. The molecule has 3 saturated heterocycles. The number of likely N-dealkylation sites (N-methyl/N-ethyl adjacent to an activating group) is 1. The van der Waals surface area contributed by atoms with E-state index in [2.05, 4.69) is 89.5 Å². The fourth-order valence-electron chi connectivity index (χ4n) is 5.44. The van der Waals surface area contributed by atoms with E-state index >= 15 is 0 Å². The molecule has 162 valence electrons. The largest absolute Gasteiger partial charge is 0.366 e. The molecular weight excluding hydrogens is 382 g/mol. The van der Waals surface area contributed by atoms with Crippen LogP contribution in [0, 0.1) is 20.8 Å². The van der Waals surface area contributed by atoms with E-state index in [0.29, 0.717) is 12.1 Å². The Morgan fingerprint density at radius 3 is 2.52 bits per heavy atom. The summed E-state index contributed by atoms with van der Waals surface area (Å²) in [6.07, 6.45) is 2.60. The number of nitrogens with zero attached hydrogens (tertiary/aromatic N) is 4. The molecule has 1 N–H and O–H groups in total. The predicted molar refractivity (Wildman–Crippen MR) is 129 cm³/mol. The number of piperidine rings is 2. The van der Waals surface area contributed by atoms with Gasteiger partial charge in [0.05, 0.1) is 11.7 Å². The number of piperazine rings is 1. The second-order valence-electron chi connectivity index (χ2n) is 9.50. The van der Waals surface area contributed by atoms with Crippen LogP contribution in [0.3, 0.4) is 0 Å². The smallest absolute Gasteiger partial charge is 0.157 e. The first-order valence-corrected chi connectivity index (χ1v) is 11.5. The van der Waals surface area contributed by atoms with E-state index in [9.17, 15) is 0 Å². The zero-order chi connectivity index (χ0) is 21.7. The third-order valence-electron chi connectivity index (χ3n) is 7.55. The monoisotopic (exact) mass is 415 g/mol. The van der Waals surface area contributed by atoms with Gasteiger partial charge < -0.3 is 10.2 Å². The van der Waals surface area contributed by atoms with Crippen molar-refractivity contribution < 1.29 is 0 Å². The molecule has 3 aliphatic rings. The number of anilines is 2. The zero-order valence-electron chi connectivity index (χ0n) is 19.3. The van der Waals surface area contributed by atoms with Crippen molar-refractivity contribution in [2.45, 2.75) is 58.7 Å². The van der Waals surface area contributed by atoms with E-state index in [1.165, 1.54) is 40.6 Å². The first kappa shape index (κ1) is 20.3. The van der Waals surface area contributed by atoms with Crippen LogP contribution in [0.2, 0.25) is 0 Å². The van der Waals surface area contributed by atoms with Gasteiger partial charge in [-0.3, -0.25) is 4.90 Å². The van der Waals surface area contributed by atoms with Gasteiger partial charge in [0.25, 0.3) is 0 Å². The molecule has 0 spiro atoms. The van der Waals surface area contributed by atoms with Gasteiger partial charge in [0.15, 0.2) is 5.82 Å². The highest BCUT2D eigenvalue weighted by atomic mass is 15.3. The van der Waals surface area contributed by atoms with Gasteiger partial charge in [-0.2, -0.15) is 5.10 Å². The molecule has 31 heavy (non-hydrogen) atoms. The normalized spacial score (nSPS) is 22.2. The van der Waals surface area contributed by atoms with Crippen LogP contribution in [-0.2, 0) is 0 Å². The van der Waals surface area contributed by atoms with Crippen LogP contribution in [0.1, 0.15) is 48.2 Å². The Morgan fingerprint density at radius 1 is 0.968 bits per heavy atom. The van der Waals surface area contributed by atoms with Gasteiger partial charge >= 0.3 is 0 Å². The summed E-state index contributed by atoms with van der Waals surface area (Å²) in [5, 5.41) is 15.0. The molecule has 1 aromatic heterocycles.